The Hall–Kier alpha value is -2.49. The summed E-state index contributed by atoms with van der Waals surface area (Å²) in [5.74, 6) is -0.870. The van der Waals surface area contributed by atoms with Crippen LogP contribution in [0.25, 0.3) is 10.2 Å². The predicted molar refractivity (Wildman–Crippen MR) is 107 cm³/mol. The zero-order valence-corrected chi connectivity index (χ0v) is 17.1. The van der Waals surface area contributed by atoms with Gasteiger partial charge in [-0.1, -0.05) is 23.5 Å². The van der Waals surface area contributed by atoms with Gasteiger partial charge in [0.25, 0.3) is 5.91 Å². The highest BCUT2D eigenvalue weighted by Gasteiger charge is 2.19. The fourth-order valence-corrected chi connectivity index (χ4v) is 4.85. The summed E-state index contributed by atoms with van der Waals surface area (Å²) in [6.45, 7) is 0.962. The summed E-state index contributed by atoms with van der Waals surface area (Å²) in [7, 11) is -0.701. The highest BCUT2D eigenvalue weighted by Crippen LogP contribution is 2.18. The highest BCUT2D eigenvalue weighted by atomic mass is 32.2. The number of sulfone groups is 1. The van der Waals surface area contributed by atoms with E-state index in [4.69, 9.17) is 9.47 Å². The van der Waals surface area contributed by atoms with E-state index in [1.807, 2.05) is 28.8 Å². The zero-order chi connectivity index (χ0) is 20.1. The summed E-state index contributed by atoms with van der Waals surface area (Å²) < 4.78 is 38.0. The molecule has 1 heterocycles. The molecule has 7 nitrogen and oxygen atoms in total. The number of hydrogen-bond acceptors (Lipinski definition) is 6. The van der Waals surface area contributed by atoms with Crippen LogP contribution in [0.1, 0.15) is 0 Å². The Labute approximate surface area is 166 Å². The highest BCUT2D eigenvalue weighted by molar-refractivity contribution is 7.92. The number of aromatic nitrogens is 1. The average Bonchev–Trinajstić information content (AvgIpc) is 3.02. The van der Waals surface area contributed by atoms with Gasteiger partial charge in [-0.25, -0.2) is 8.42 Å². The number of hydrogen-bond donors (Lipinski definition) is 0. The second-order valence-electron chi connectivity index (χ2n) is 5.94. The van der Waals surface area contributed by atoms with Gasteiger partial charge < -0.3 is 14.0 Å². The van der Waals surface area contributed by atoms with Crippen LogP contribution in [0.4, 0.5) is 0 Å². The van der Waals surface area contributed by atoms with Gasteiger partial charge in [0.05, 0.1) is 28.8 Å². The molecular weight excluding hydrogens is 400 g/mol. The second kappa shape index (κ2) is 8.68. The minimum Gasteiger partial charge on any atom is -0.497 e. The van der Waals surface area contributed by atoms with Crippen LogP contribution in [0.3, 0.4) is 0 Å². The molecular formula is C19H20N2O5S2. The third-order valence-corrected chi connectivity index (χ3v) is 6.74. The number of thiazole rings is 1. The standard InChI is InChI=1S/C19H20N2O5S2/c1-25-12-11-21-16-5-3-4-6-17(16)27-19(21)20-18(22)13-28(23,24)15-9-7-14(26-2)8-10-15/h3-10H,11-13H2,1-2H3. The van der Waals surface area contributed by atoms with Crippen molar-refractivity contribution in [3.05, 3.63) is 53.3 Å². The molecule has 3 aromatic rings. The number of nitrogens with zero attached hydrogens (tertiary/aromatic N) is 2. The number of fused-ring (bicyclic) bond motifs is 1. The van der Waals surface area contributed by atoms with Crippen molar-refractivity contribution in [3.8, 4) is 5.75 Å². The normalized spacial score (nSPS) is 12.4. The number of para-hydroxylation sites is 1. The first-order valence-corrected chi connectivity index (χ1v) is 10.9. The fourth-order valence-electron chi connectivity index (χ4n) is 2.67. The van der Waals surface area contributed by atoms with Gasteiger partial charge in [-0.15, -0.1) is 0 Å². The molecule has 0 aliphatic rings. The molecule has 0 bridgehead atoms. The smallest absolute Gasteiger partial charge is 0.263 e. The maximum atomic E-state index is 12.5. The van der Waals surface area contributed by atoms with Crippen molar-refractivity contribution in [1.29, 1.82) is 0 Å². The summed E-state index contributed by atoms with van der Waals surface area (Å²) in [5, 5.41) is 0. The van der Waals surface area contributed by atoms with Crippen LogP contribution in [-0.4, -0.2) is 45.5 Å². The van der Waals surface area contributed by atoms with Crippen LogP contribution in [0, 0.1) is 0 Å². The zero-order valence-electron chi connectivity index (χ0n) is 15.5. The van der Waals surface area contributed by atoms with Crippen LogP contribution in [-0.2, 0) is 25.9 Å². The summed E-state index contributed by atoms with van der Waals surface area (Å²) in [4.78, 5) is 17.0. The lowest BCUT2D eigenvalue weighted by molar-refractivity contribution is -0.115. The van der Waals surface area contributed by atoms with E-state index in [2.05, 4.69) is 4.99 Å². The number of ether oxygens (including phenoxy) is 2. The van der Waals surface area contributed by atoms with E-state index in [1.165, 1.54) is 30.6 Å². The van der Waals surface area contributed by atoms with Gasteiger partial charge in [0.1, 0.15) is 11.5 Å². The van der Waals surface area contributed by atoms with Crippen molar-refractivity contribution in [2.75, 3.05) is 26.6 Å². The molecule has 28 heavy (non-hydrogen) atoms. The van der Waals surface area contributed by atoms with Gasteiger partial charge in [0, 0.05) is 13.7 Å². The van der Waals surface area contributed by atoms with Gasteiger partial charge in [-0.3, -0.25) is 4.79 Å². The Balaban J connectivity index is 1.91. The van der Waals surface area contributed by atoms with Crippen molar-refractivity contribution in [2.45, 2.75) is 11.4 Å². The first-order chi connectivity index (χ1) is 13.4. The van der Waals surface area contributed by atoms with E-state index >= 15 is 0 Å². The van der Waals surface area contributed by atoms with Crippen molar-refractivity contribution in [2.24, 2.45) is 4.99 Å². The van der Waals surface area contributed by atoms with E-state index in [-0.39, 0.29) is 4.90 Å². The maximum Gasteiger partial charge on any atom is 0.263 e. The molecule has 2 aromatic carbocycles. The molecule has 0 saturated carbocycles. The van der Waals surface area contributed by atoms with Crippen LogP contribution in [0.2, 0.25) is 0 Å². The lowest BCUT2D eigenvalue weighted by Crippen LogP contribution is -2.22. The van der Waals surface area contributed by atoms with E-state index in [1.54, 1.807) is 19.2 Å². The molecule has 1 amide bonds. The minimum absolute atomic E-state index is 0.0560. The van der Waals surface area contributed by atoms with Gasteiger partial charge in [-0.05, 0) is 36.4 Å². The topological polar surface area (TPSA) is 87.0 Å². The molecule has 0 aliphatic heterocycles. The van der Waals surface area contributed by atoms with E-state index < -0.39 is 21.5 Å². The van der Waals surface area contributed by atoms with Gasteiger partial charge in [0.15, 0.2) is 14.6 Å². The molecule has 0 saturated heterocycles. The molecule has 9 heteroatoms. The van der Waals surface area contributed by atoms with Crippen LogP contribution in [0.5, 0.6) is 5.75 Å². The van der Waals surface area contributed by atoms with Crippen molar-refractivity contribution in [1.82, 2.24) is 4.57 Å². The van der Waals surface area contributed by atoms with Crippen LogP contribution in [0.15, 0.2) is 58.4 Å². The molecule has 3 rings (SSSR count). The summed E-state index contributed by atoms with van der Waals surface area (Å²) in [5.41, 5.74) is 0.925. The van der Waals surface area contributed by atoms with E-state index in [0.29, 0.717) is 23.7 Å². The summed E-state index contributed by atoms with van der Waals surface area (Å²) in [6, 6.07) is 13.6. The Morgan fingerprint density at radius 1 is 1.11 bits per heavy atom. The number of amides is 1. The largest absolute Gasteiger partial charge is 0.497 e. The molecule has 0 radical (unpaired) electrons. The molecule has 148 valence electrons. The SMILES string of the molecule is COCCn1c(=NC(=O)CS(=O)(=O)c2ccc(OC)cc2)sc2ccccc21. The average molecular weight is 421 g/mol. The number of methoxy groups -OCH3 is 2. The molecule has 0 aliphatic carbocycles. The molecule has 0 spiro atoms. The Morgan fingerprint density at radius 2 is 1.82 bits per heavy atom. The molecule has 0 unspecified atom stereocenters. The number of rotatable bonds is 7. The first kappa shape index (κ1) is 20.2. The van der Waals surface area contributed by atoms with Crippen LogP contribution >= 0.6 is 11.3 Å². The third kappa shape index (κ3) is 4.49. The fraction of sp³-hybridized carbons (Fsp3) is 0.263. The number of carbonyl (C=O) groups is 1. The quantitative estimate of drug-likeness (QED) is 0.585. The van der Waals surface area contributed by atoms with Crippen molar-refractivity contribution < 1.29 is 22.7 Å². The van der Waals surface area contributed by atoms with Gasteiger partial charge in [-0.2, -0.15) is 4.99 Å². The van der Waals surface area contributed by atoms with E-state index in [9.17, 15) is 13.2 Å². The lowest BCUT2D eigenvalue weighted by Gasteiger charge is -2.05. The monoisotopic (exact) mass is 420 g/mol. The van der Waals surface area contributed by atoms with E-state index in [0.717, 1.165) is 10.2 Å². The van der Waals surface area contributed by atoms with Crippen LogP contribution < -0.4 is 9.54 Å². The maximum absolute atomic E-state index is 12.5. The van der Waals surface area contributed by atoms with Crippen molar-refractivity contribution in [3.63, 3.8) is 0 Å². The Kier molecular flexibility index (Phi) is 6.28. The minimum atomic E-state index is -3.79. The predicted octanol–water partition coefficient (Wildman–Crippen LogP) is 2.26. The molecule has 0 N–H and O–H groups in total. The third-order valence-electron chi connectivity index (χ3n) is 4.06. The number of benzene rings is 2. The Bertz CT molecular complexity index is 1150. The summed E-state index contributed by atoms with van der Waals surface area (Å²) in [6.07, 6.45) is 0. The molecule has 0 fully saturated rings. The molecule has 0 atom stereocenters. The van der Waals surface area contributed by atoms with Crippen molar-refractivity contribution >= 4 is 37.3 Å². The lowest BCUT2D eigenvalue weighted by atomic mass is 10.3. The Morgan fingerprint density at radius 3 is 2.50 bits per heavy atom. The first-order valence-electron chi connectivity index (χ1n) is 8.46. The van der Waals surface area contributed by atoms with Gasteiger partial charge in [0.2, 0.25) is 0 Å². The molecule has 1 aromatic heterocycles. The van der Waals surface area contributed by atoms with Gasteiger partial charge >= 0.3 is 0 Å². The summed E-state index contributed by atoms with van der Waals surface area (Å²) >= 11 is 1.34. The number of carbonyl (C=O) groups excluding carboxylic acids is 1. The second-order valence-corrected chi connectivity index (χ2v) is 8.94.